The largest absolute Gasteiger partial charge is 0.417 e. The zero-order valence-corrected chi connectivity index (χ0v) is 13.5. The lowest BCUT2D eigenvalue weighted by atomic mass is 10.2. The first-order valence-corrected chi connectivity index (χ1v) is 7.45. The summed E-state index contributed by atoms with van der Waals surface area (Å²) in [7, 11) is 0. The van der Waals surface area contributed by atoms with E-state index in [0.29, 0.717) is 0 Å². The zero-order chi connectivity index (χ0) is 18.4. The second kappa shape index (κ2) is 7.98. The number of anilines is 1. The molecule has 1 aromatic heterocycles. The fourth-order valence-corrected chi connectivity index (χ4v) is 2.16. The third-order valence-corrected chi connectivity index (χ3v) is 3.45. The monoisotopic (exact) mass is 371 g/mol. The number of hydrogen-bond donors (Lipinski definition) is 2. The van der Waals surface area contributed by atoms with E-state index in [-0.39, 0.29) is 12.2 Å². The van der Waals surface area contributed by atoms with Gasteiger partial charge >= 0.3 is 6.18 Å². The molecule has 0 aliphatic carbocycles. The number of nitrogens with one attached hydrogen (secondary N) is 2. The fourth-order valence-electron chi connectivity index (χ4n) is 1.94. The molecule has 1 aromatic carbocycles. The highest BCUT2D eigenvalue weighted by atomic mass is 35.5. The Balaban J connectivity index is 1.90. The molecule has 0 radical (unpaired) electrons. The first-order valence-electron chi connectivity index (χ1n) is 7.08. The second-order valence-electron chi connectivity index (χ2n) is 5.05. The van der Waals surface area contributed by atoms with E-state index in [0.717, 1.165) is 17.7 Å². The van der Waals surface area contributed by atoms with Crippen molar-refractivity contribution in [3.8, 4) is 0 Å². The van der Waals surface area contributed by atoms with Crippen LogP contribution in [-0.4, -0.2) is 16.8 Å². The van der Waals surface area contributed by atoms with Crippen molar-refractivity contribution in [2.45, 2.75) is 19.1 Å². The quantitative estimate of drug-likeness (QED) is 0.791. The summed E-state index contributed by atoms with van der Waals surface area (Å²) in [5.74, 6) is -1.29. The highest BCUT2D eigenvalue weighted by molar-refractivity contribution is 6.31. The summed E-state index contributed by atoms with van der Waals surface area (Å²) in [4.78, 5) is 27.3. The zero-order valence-electron chi connectivity index (χ0n) is 12.7. The van der Waals surface area contributed by atoms with Gasteiger partial charge < -0.3 is 10.6 Å². The Hall–Kier alpha value is -2.61. The number of benzene rings is 1. The van der Waals surface area contributed by atoms with E-state index in [1.165, 1.54) is 6.07 Å². The van der Waals surface area contributed by atoms with Crippen LogP contribution in [0.1, 0.15) is 17.5 Å². The Morgan fingerprint density at radius 1 is 1.08 bits per heavy atom. The molecule has 2 rings (SSSR count). The van der Waals surface area contributed by atoms with Gasteiger partial charge in [0.05, 0.1) is 10.6 Å². The molecule has 2 N–H and O–H groups in total. The van der Waals surface area contributed by atoms with Crippen molar-refractivity contribution < 1.29 is 22.8 Å². The minimum atomic E-state index is -4.64. The minimum Gasteiger partial charge on any atom is -0.352 e. The molecule has 1 heterocycles. The van der Waals surface area contributed by atoms with Crippen molar-refractivity contribution in [2.75, 3.05) is 5.32 Å². The van der Waals surface area contributed by atoms with Gasteiger partial charge in [0, 0.05) is 24.6 Å². The van der Waals surface area contributed by atoms with Gasteiger partial charge in [0.1, 0.15) is 6.42 Å². The fraction of sp³-hybridized carbons (Fsp3) is 0.188. The van der Waals surface area contributed by atoms with Gasteiger partial charge in [-0.2, -0.15) is 13.2 Å². The summed E-state index contributed by atoms with van der Waals surface area (Å²) in [5.41, 5.74) is -0.353. The number of carbonyl (C=O) groups excluding carboxylic acids is 2. The van der Waals surface area contributed by atoms with Crippen LogP contribution >= 0.6 is 11.6 Å². The highest BCUT2D eigenvalue weighted by Gasteiger charge is 2.33. The first kappa shape index (κ1) is 18.7. The number of hydrogen-bond acceptors (Lipinski definition) is 3. The normalized spacial score (nSPS) is 11.0. The van der Waals surface area contributed by atoms with Gasteiger partial charge in [-0.05, 0) is 35.9 Å². The van der Waals surface area contributed by atoms with Gasteiger partial charge in [0.25, 0.3) is 0 Å². The molecule has 0 spiro atoms. The predicted molar refractivity (Wildman–Crippen MR) is 85.8 cm³/mol. The maximum atomic E-state index is 12.8. The third kappa shape index (κ3) is 5.75. The molecule has 0 aliphatic rings. The van der Waals surface area contributed by atoms with E-state index in [9.17, 15) is 22.8 Å². The Morgan fingerprint density at radius 3 is 2.40 bits per heavy atom. The van der Waals surface area contributed by atoms with Crippen LogP contribution in [0.15, 0.2) is 42.7 Å². The van der Waals surface area contributed by atoms with E-state index in [1.54, 1.807) is 24.5 Å². The molecule has 0 unspecified atom stereocenters. The average molecular weight is 372 g/mol. The molecule has 0 fully saturated rings. The Morgan fingerprint density at radius 2 is 1.76 bits per heavy atom. The number of pyridine rings is 1. The lowest BCUT2D eigenvalue weighted by molar-refractivity contribution is -0.137. The lowest BCUT2D eigenvalue weighted by Gasteiger charge is -2.12. The maximum Gasteiger partial charge on any atom is 0.417 e. The molecule has 9 heteroatoms. The van der Waals surface area contributed by atoms with Crippen molar-refractivity contribution in [1.82, 2.24) is 10.3 Å². The molecule has 5 nitrogen and oxygen atoms in total. The van der Waals surface area contributed by atoms with Gasteiger partial charge in [0.15, 0.2) is 0 Å². The molecule has 132 valence electrons. The van der Waals surface area contributed by atoms with Crippen molar-refractivity contribution in [2.24, 2.45) is 0 Å². The van der Waals surface area contributed by atoms with E-state index < -0.39 is 35.0 Å². The van der Waals surface area contributed by atoms with E-state index >= 15 is 0 Å². The molecule has 0 bridgehead atoms. The van der Waals surface area contributed by atoms with E-state index in [1.807, 2.05) is 0 Å². The molecule has 25 heavy (non-hydrogen) atoms. The van der Waals surface area contributed by atoms with Crippen molar-refractivity contribution in [3.63, 3.8) is 0 Å². The minimum absolute atomic E-state index is 0.0938. The average Bonchev–Trinajstić information content (AvgIpc) is 2.54. The molecule has 0 atom stereocenters. The summed E-state index contributed by atoms with van der Waals surface area (Å²) < 4.78 is 38.3. The SMILES string of the molecule is O=C(CC(=O)Nc1ccc(Cl)c(C(F)(F)F)c1)NCc1ccncc1. The van der Waals surface area contributed by atoms with Crippen LogP contribution in [0.4, 0.5) is 18.9 Å². The lowest BCUT2D eigenvalue weighted by Crippen LogP contribution is -2.27. The summed E-state index contributed by atoms with van der Waals surface area (Å²) in [6.45, 7) is 0.216. The van der Waals surface area contributed by atoms with Crippen LogP contribution in [0.2, 0.25) is 5.02 Å². The van der Waals surface area contributed by atoms with Crippen LogP contribution in [0.5, 0.6) is 0 Å². The summed E-state index contributed by atoms with van der Waals surface area (Å²) in [6.07, 6.45) is -2.03. The molecule has 0 aliphatic heterocycles. The number of amides is 2. The number of nitrogens with zero attached hydrogens (tertiary/aromatic N) is 1. The summed E-state index contributed by atoms with van der Waals surface area (Å²) >= 11 is 5.50. The topological polar surface area (TPSA) is 71.1 Å². The Labute approximate surface area is 146 Å². The first-order chi connectivity index (χ1) is 11.8. The van der Waals surface area contributed by atoms with E-state index in [2.05, 4.69) is 15.6 Å². The maximum absolute atomic E-state index is 12.8. The molecular weight excluding hydrogens is 359 g/mol. The van der Waals surface area contributed by atoms with Crippen LogP contribution in [0.3, 0.4) is 0 Å². The van der Waals surface area contributed by atoms with Crippen LogP contribution in [-0.2, 0) is 22.3 Å². The number of alkyl halides is 3. The van der Waals surface area contributed by atoms with Crippen molar-refractivity contribution in [1.29, 1.82) is 0 Å². The third-order valence-electron chi connectivity index (χ3n) is 3.12. The molecule has 0 saturated carbocycles. The Kier molecular flexibility index (Phi) is 5.97. The second-order valence-corrected chi connectivity index (χ2v) is 5.46. The number of aromatic nitrogens is 1. The van der Waals surface area contributed by atoms with Gasteiger partial charge in [-0.1, -0.05) is 11.6 Å². The molecule has 0 saturated heterocycles. The number of rotatable bonds is 5. The number of carbonyl (C=O) groups is 2. The van der Waals surface area contributed by atoms with Gasteiger partial charge in [-0.3, -0.25) is 14.6 Å². The summed E-state index contributed by atoms with van der Waals surface area (Å²) in [6, 6.07) is 6.38. The van der Waals surface area contributed by atoms with E-state index in [4.69, 9.17) is 11.6 Å². The summed E-state index contributed by atoms with van der Waals surface area (Å²) in [5, 5.41) is 4.30. The number of halogens is 4. The smallest absolute Gasteiger partial charge is 0.352 e. The predicted octanol–water partition coefficient (Wildman–Crippen LogP) is 3.40. The molecular formula is C16H13ClF3N3O2. The highest BCUT2D eigenvalue weighted by Crippen LogP contribution is 2.36. The van der Waals surface area contributed by atoms with Crippen molar-refractivity contribution in [3.05, 3.63) is 58.9 Å². The van der Waals surface area contributed by atoms with Gasteiger partial charge in [-0.25, -0.2) is 0 Å². The van der Waals surface area contributed by atoms with Crippen molar-refractivity contribution >= 4 is 29.1 Å². The molecule has 2 aromatic rings. The van der Waals surface area contributed by atoms with Gasteiger partial charge in [-0.15, -0.1) is 0 Å². The standard InChI is InChI=1S/C16H13ClF3N3O2/c17-13-2-1-11(7-12(13)16(18,19)20)23-15(25)8-14(24)22-9-10-3-5-21-6-4-10/h1-7H,8-9H2,(H,22,24)(H,23,25). The van der Waals surface area contributed by atoms with Crippen LogP contribution in [0.25, 0.3) is 0 Å². The van der Waals surface area contributed by atoms with Crippen LogP contribution in [0, 0.1) is 0 Å². The molecule has 2 amide bonds. The Bertz CT molecular complexity index is 767. The van der Waals surface area contributed by atoms with Gasteiger partial charge in [0.2, 0.25) is 11.8 Å². The van der Waals surface area contributed by atoms with Crippen LogP contribution < -0.4 is 10.6 Å².